The van der Waals surface area contributed by atoms with Crippen LogP contribution in [0.25, 0.3) is 0 Å². The molecule has 0 saturated heterocycles. The van der Waals surface area contributed by atoms with E-state index < -0.39 is 20.0 Å². The summed E-state index contributed by atoms with van der Waals surface area (Å²) >= 11 is 0. The molecular formula is C70H132N2O6P+. The minimum Gasteiger partial charge on any atom is -0.387 e. The second-order valence-electron chi connectivity index (χ2n) is 24.2. The third-order valence-corrected chi connectivity index (χ3v) is 16.1. The molecule has 0 saturated carbocycles. The van der Waals surface area contributed by atoms with Gasteiger partial charge in [-0.3, -0.25) is 13.8 Å². The van der Waals surface area contributed by atoms with Crippen LogP contribution in [0.3, 0.4) is 0 Å². The summed E-state index contributed by atoms with van der Waals surface area (Å²) in [4.78, 5) is 23.4. The van der Waals surface area contributed by atoms with E-state index in [4.69, 9.17) is 9.05 Å². The molecule has 0 spiro atoms. The molecule has 3 N–H and O–H groups in total. The number of nitrogens with one attached hydrogen (secondary N) is 1. The molecule has 0 bridgehead atoms. The number of phosphoric acid groups is 1. The number of nitrogens with zero attached hydrogens (tertiary/aromatic N) is 1. The lowest BCUT2D eigenvalue weighted by molar-refractivity contribution is -0.870. The number of amides is 1. The number of phosphoric ester groups is 1. The summed E-state index contributed by atoms with van der Waals surface area (Å²) in [5.74, 6) is -0.183. The first-order chi connectivity index (χ1) is 38.5. The van der Waals surface area contributed by atoms with E-state index in [-0.39, 0.29) is 19.1 Å². The van der Waals surface area contributed by atoms with Crippen molar-refractivity contribution in [2.24, 2.45) is 0 Å². The Labute approximate surface area is 491 Å². The maximum absolute atomic E-state index is 13.0. The van der Waals surface area contributed by atoms with Gasteiger partial charge in [-0.15, -0.1) is 0 Å². The van der Waals surface area contributed by atoms with E-state index in [1.165, 1.54) is 231 Å². The topological polar surface area (TPSA) is 105 Å². The van der Waals surface area contributed by atoms with Crippen molar-refractivity contribution < 1.29 is 32.9 Å². The lowest BCUT2D eigenvalue weighted by Gasteiger charge is -2.25. The van der Waals surface area contributed by atoms with E-state index >= 15 is 0 Å². The Bertz CT molecular complexity index is 1520. The number of allylic oxidation sites excluding steroid dienone is 11. The summed E-state index contributed by atoms with van der Waals surface area (Å²) < 4.78 is 23.8. The number of hydrogen-bond acceptors (Lipinski definition) is 5. The second kappa shape index (κ2) is 60.5. The van der Waals surface area contributed by atoms with Crippen LogP contribution in [0.4, 0.5) is 0 Å². The van der Waals surface area contributed by atoms with Crippen LogP contribution < -0.4 is 5.32 Å². The molecule has 1 amide bonds. The van der Waals surface area contributed by atoms with E-state index in [9.17, 15) is 19.4 Å². The molecule has 0 radical (unpaired) electrons. The number of unbranched alkanes of at least 4 members (excludes halogenated alkanes) is 39. The van der Waals surface area contributed by atoms with Crippen LogP contribution in [-0.4, -0.2) is 73.4 Å². The van der Waals surface area contributed by atoms with Gasteiger partial charge in [0.25, 0.3) is 0 Å². The van der Waals surface area contributed by atoms with Gasteiger partial charge in [0.05, 0.1) is 39.9 Å². The predicted molar refractivity (Wildman–Crippen MR) is 346 cm³/mol. The molecule has 0 aromatic heterocycles. The number of quaternary nitrogens is 1. The second-order valence-corrected chi connectivity index (χ2v) is 25.6. The van der Waals surface area contributed by atoms with E-state index in [2.05, 4.69) is 79.9 Å². The van der Waals surface area contributed by atoms with Crippen molar-refractivity contribution in [2.45, 2.75) is 328 Å². The van der Waals surface area contributed by atoms with Crippen molar-refractivity contribution in [3.8, 4) is 0 Å². The van der Waals surface area contributed by atoms with Crippen LogP contribution in [0.5, 0.6) is 0 Å². The fraction of sp³-hybridized carbons (Fsp3) is 0.814. The zero-order chi connectivity index (χ0) is 57.7. The van der Waals surface area contributed by atoms with Crippen molar-refractivity contribution in [1.82, 2.24) is 5.32 Å². The van der Waals surface area contributed by atoms with Gasteiger partial charge in [-0.2, -0.15) is 0 Å². The molecule has 0 fully saturated rings. The maximum Gasteiger partial charge on any atom is 0.472 e. The van der Waals surface area contributed by atoms with E-state index in [1.54, 1.807) is 6.08 Å². The number of carbonyl (C=O) groups is 1. The van der Waals surface area contributed by atoms with Crippen molar-refractivity contribution >= 4 is 13.7 Å². The standard InChI is InChI=1S/C70H131N2O6P/c1-6-8-10-12-14-16-18-20-22-24-26-28-30-32-33-34-35-36-37-38-39-40-42-44-46-48-50-52-54-56-58-60-62-64-70(74)71-68(67-78-79(75,76)77-66-65-72(3,4)5)69(73)63-61-59-57-55-53-51-49-47-45-43-41-31-29-27-25-23-21-19-17-15-13-11-9-7-2/h8,10,14,16,20,22,26,28,53,55,61,63,68-69,73H,6-7,9,11-13,15,17-19,21,23-25,27,29-52,54,56-60,62,64-67H2,1-5H3,(H-,71,74,75,76)/p+1/b10-8-,16-14-,22-20-,28-26-,55-53+,63-61+. The molecule has 0 aliphatic carbocycles. The first kappa shape index (κ1) is 76.9. The molecule has 462 valence electrons. The van der Waals surface area contributed by atoms with Crippen molar-refractivity contribution in [1.29, 1.82) is 0 Å². The van der Waals surface area contributed by atoms with Gasteiger partial charge in [-0.1, -0.05) is 311 Å². The zero-order valence-electron chi connectivity index (χ0n) is 52.9. The molecule has 0 aromatic carbocycles. The van der Waals surface area contributed by atoms with Gasteiger partial charge in [0, 0.05) is 6.42 Å². The third-order valence-electron chi connectivity index (χ3n) is 15.2. The number of aliphatic hydroxyl groups is 1. The molecule has 9 heteroatoms. The number of carbonyl (C=O) groups excluding carboxylic acids is 1. The fourth-order valence-corrected chi connectivity index (χ4v) is 10.7. The number of rotatable bonds is 62. The summed E-state index contributed by atoms with van der Waals surface area (Å²) in [5, 5.41) is 14.0. The number of likely N-dealkylation sites (N-methyl/N-ethyl adjacent to an activating group) is 1. The van der Waals surface area contributed by atoms with Crippen LogP contribution in [0.1, 0.15) is 316 Å². The molecular weight excluding hydrogens is 996 g/mol. The van der Waals surface area contributed by atoms with E-state index in [1.807, 2.05) is 27.2 Å². The van der Waals surface area contributed by atoms with E-state index in [0.29, 0.717) is 17.4 Å². The Morgan fingerprint density at radius 3 is 1.16 bits per heavy atom. The monoisotopic (exact) mass is 1130 g/mol. The van der Waals surface area contributed by atoms with Crippen molar-refractivity contribution in [2.75, 3.05) is 40.9 Å². The maximum atomic E-state index is 13.0. The Morgan fingerprint density at radius 2 is 0.772 bits per heavy atom. The molecule has 3 atom stereocenters. The van der Waals surface area contributed by atoms with Crippen molar-refractivity contribution in [3.05, 3.63) is 72.9 Å². The molecule has 0 aliphatic heterocycles. The molecule has 0 aromatic rings. The Kier molecular flexibility index (Phi) is 59.0. The predicted octanol–water partition coefficient (Wildman–Crippen LogP) is 21.4. The molecule has 0 aliphatic rings. The number of hydrogen-bond donors (Lipinski definition) is 3. The highest BCUT2D eigenvalue weighted by Gasteiger charge is 2.28. The minimum absolute atomic E-state index is 0.0559. The largest absolute Gasteiger partial charge is 0.472 e. The molecule has 3 unspecified atom stereocenters. The molecule has 79 heavy (non-hydrogen) atoms. The third kappa shape index (κ3) is 63.4. The SMILES string of the molecule is CC/C=C\C/C=C\C/C=C\C/C=C\CCCCCCCCCCCCCCCCCCCCCCC(=O)NC(COP(=O)(O)OCC[N+](C)(C)C)C(O)/C=C/CC/C=C/CCCCCCCCCCCCCCCCCCCC. The normalized spacial score (nSPS) is 14.2. The summed E-state index contributed by atoms with van der Waals surface area (Å²) in [6.45, 7) is 4.72. The molecule has 0 heterocycles. The van der Waals surface area contributed by atoms with Gasteiger partial charge < -0.3 is 19.8 Å². The highest BCUT2D eigenvalue weighted by atomic mass is 31.2. The van der Waals surface area contributed by atoms with Gasteiger partial charge in [0.1, 0.15) is 13.2 Å². The van der Waals surface area contributed by atoms with Gasteiger partial charge in [-0.05, 0) is 70.6 Å². The van der Waals surface area contributed by atoms with Crippen LogP contribution >= 0.6 is 7.82 Å². The summed E-state index contributed by atoms with van der Waals surface area (Å²) in [7, 11) is 1.56. The van der Waals surface area contributed by atoms with Gasteiger partial charge in [0.2, 0.25) is 5.91 Å². The molecule has 0 rings (SSSR count). The Morgan fingerprint density at radius 1 is 0.443 bits per heavy atom. The first-order valence-corrected chi connectivity index (χ1v) is 35.3. The summed E-state index contributed by atoms with van der Waals surface area (Å²) in [6.07, 6.45) is 84.7. The summed E-state index contributed by atoms with van der Waals surface area (Å²) in [5.41, 5.74) is 0. The fourth-order valence-electron chi connectivity index (χ4n) is 9.94. The Balaban J connectivity index is 4.08. The van der Waals surface area contributed by atoms with Crippen LogP contribution in [0, 0.1) is 0 Å². The first-order valence-electron chi connectivity index (χ1n) is 33.8. The Hall–Kier alpha value is -2.06. The van der Waals surface area contributed by atoms with Gasteiger partial charge in [-0.25, -0.2) is 4.57 Å². The highest BCUT2D eigenvalue weighted by Crippen LogP contribution is 2.43. The van der Waals surface area contributed by atoms with Crippen LogP contribution in [0.2, 0.25) is 0 Å². The highest BCUT2D eigenvalue weighted by molar-refractivity contribution is 7.47. The van der Waals surface area contributed by atoms with Gasteiger partial charge >= 0.3 is 7.82 Å². The average molecular weight is 1130 g/mol. The van der Waals surface area contributed by atoms with Crippen LogP contribution in [-0.2, 0) is 18.4 Å². The van der Waals surface area contributed by atoms with E-state index in [0.717, 1.165) is 64.2 Å². The smallest absolute Gasteiger partial charge is 0.387 e. The summed E-state index contributed by atoms with van der Waals surface area (Å²) in [6, 6.07) is -0.866. The van der Waals surface area contributed by atoms with Gasteiger partial charge in [0.15, 0.2) is 0 Å². The minimum atomic E-state index is -4.36. The lowest BCUT2D eigenvalue weighted by atomic mass is 10.0. The van der Waals surface area contributed by atoms with Crippen molar-refractivity contribution in [3.63, 3.8) is 0 Å². The molecule has 8 nitrogen and oxygen atoms in total. The quantitative estimate of drug-likeness (QED) is 0.0243. The lowest BCUT2D eigenvalue weighted by Crippen LogP contribution is -2.45. The average Bonchev–Trinajstić information content (AvgIpc) is 3.42. The number of aliphatic hydroxyl groups excluding tert-OH is 1. The van der Waals surface area contributed by atoms with Crippen LogP contribution in [0.15, 0.2) is 72.9 Å². The zero-order valence-corrected chi connectivity index (χ0v) is 53.8.